The molecular weight excluding hydrogens is 266 g/mol. The van der Waals surface area contributed by atoms with E-state index in [-0.39, 0.29) is 0 Å². The highest BCUT2D eigenvalue weighted by atomic mass is 16.7. The van der Waals surface area contributed by atoms with Crippen molar-refractivity contribution in [2.75, 3.05) is 0 Å². The summed E-state index contributed by atoms with van der Waals surface area (Å²) < 4.78 is 5.79. The first-order chi connectivity index (χ1) is 10.2. The van der Waals surface area contributed by atoms with E-state index in [0.29, 0.717) is 11.5 Å². The number of hydrogen-bond donors (Lipinski definition) is 0. The molecular formula is C17H13NO3. The lowest BCUT2D eigenvalue weighted by atomic mass is 10.1. The highest BCUT2D eigenvalue weighted by molar-refractivity contribution is 6.12. The van der Waals surface area contributed by atoms with Crippen LogP contribution in [0.3, 0.4) is 0 Å². The highest BCUT2D eigenvalue weighted by Gasteiger charge is 2.14. The van der Waals surface area contributed by atoms with Gasteiger partial charge in [-0.05, 0) is 12.1 Å². The number of fused-ring (bicyclic) bond motifs is 1. The minimum atomic E-state index is -0.473. The second kappa shape index (κ2) is 5.63. The Morgan fingerprint density at radius 3 is 2.48 bits per heavy atom. The summed E-state index contributed by atoms with van der Waals surface area (Å²) >= 11 is 0. The fourth-order valence-electron chi connectivity index (χ4n) is 2.04. The third-order valence-electron chi connectivity index (χ3n) is 2.97. The molecule has 0 aliphatic rings. The van der Waals surface area contributed by atoms with Gasteiger partial charge in [-0.3, -0.25) is 0 Å². The lowest BCUT2D eigenvalue weighted by Crippen LogP contribution is -2.04. The second-order valence-electron chi connectivity index (χ2n) is 4.54. The van der Waals surface area contributed by atoms with E-state index in [1.807, 2.05) is 60.7 Å². The normalized spacial score (nSPS) is 11.6. The average Bonchev–Trinajstić information content (AvgIpc) is 2.92. The maximum absolute atomic E-state index is 11.0. The Labute approximate surface area is 121 Å². The van der Waals surface area contributed by atoms with E-state index >= 15 is 0 Å². The Kier molecular flexibility index (Phi) is 3.51. The maximum Gasteiger partial charge on any atom is 0.332 e. The molecule has 0 saturated heterocycles. The van der Waals surface area contributed by atoms with Crippen molar-refractivity contribution in [3.8, 4) is 0 Å². The SMILES string of the molecule is CC(=O)O/N=C(\c1ccccc1)c1cc2ccccc2o1. The van der Waals surface area contributed by atoms with Crippen molar-refractivity contribution in [1.82, 2.24) is 0 Å². The predicted octanol–water partition coefficient (Wildman–Crippen LogP) is 3.75. The molecule has 0 spiro atoms. The smallest absolute Gasteiger partial charge is 0.332 e. The highest BCUT2D eigenvalue weighted by Crippen LogP contribution is 2.22. The van der Waals surface area contributed by atoms with Crippen LogP contribution in [0.4, 0.5) is 0 Å². The number of furan rings is 1. The Morgan fingerprint density at radius 1 is 1.05 bits per heavy atom. The summed E-state index contributed by atoms with van der Waals surface area (Å²) in [5.41, 5.74) is 2.07. The minimum absolute atomic E-state index is 0.473. The summed E-state index contributed by atoms with van der Waals surface area (Å²) in [5, 5.41) is 4.90. The van der Waals surface area contributed by atoms with Crippen LogP contribution in [0.2, 0.25) is 0 Å². The molecule has 4 nitrogen and oxygen atoms in total. The van der Waals surface area contributed by atoms with Crippen molar-refractivity contribution in [3.63, 3.8) is 0 Å². The van der Waals surface area contributed by atoms with E-state index < -0.39 is 5.97 Å². The molecule has 0 fully saturated rings. The summed E-state index contributed by atoms with van der Waals surface area (Å²) in [6, 6.07) is 19.0. The number of benzene rings is 2. The zero-order chi connectivity index (χ0) is 14.7. The molecule has 3 rings (SSSR count). The van der Waals surface area contributed by atoms with E-state index in [2.05, 4.69) is 5.16 Å². The summed E-state index contributed by atoms with van der Waals surface area (Å²) in [6.07, 6.45) is 0. The minimum Gasteiger partial charge on any atom is -0.454 e. The van der Waals surface area contributed by atoms with Crippen molar-refractivity contribution in [3.05, 3.63) is 72.0 Å². The average molecular weight is 279 g/mol. The molecule has 0 atom stereocenters. The number of hydrogen-bond acceptors (Lipinski definition) is 4. The third kappa shape index (κ3) is 2.84. The lowest BCUT2D eigenvalue weighted by molar-refractivity contribution is -0.140. The first-order valence-corrected chi connectivity index (χ1v) is 6.54. The van der Waals surface area contributed by atoms with Crippen LogP contribution in [0.15, 0.2) is 70.2 Å². The number of oxime groups is 1. The zero-order valence-electron chi connectivity index (χ0n) is 11.4. The van der Waals surface area contributed by atoms with Crippen LogP contribution >= 0.6 is 0 Å². The fourth-order valence-corrected chi connectivity index (χ4v) is 2.04. The van der Waals surface area contributed by atoms with Crippen LogP contribution in [0.5, 0.6) is 0 Å². The Bertz CT molecular complexity index is 770. The molecule has 104 valence electrons. The number of rotatable bonds is 3. The predicted molar refractivity (Wildman–Crippen MR) is 80.1 cm³/mol. The Balaban J connectivity index is 2.10. The number of carbonyl (C=O) groups is 1. The van der Waals surface area contributed by atoms with E-state index in [1.165, 1.54) is 6.92 Å². The second-order valence-corrected chi connectivity index (χ2v) is 4.54. The van der Waals surface area contributed by atoms with Crippen LogP contribution < -0.4 is 0 Å². The molecule has 0 aliphatic carbocycles. The molecule has 1 aromatic heterocycles. The molecule has 0 bridgehead atoms. The number of para-hydroxylation sites is 1. The van der Waals surface area contributed by atoms with Crippen LogP contribution in [-0.4, -0.2) is 11.7 Å². The molecule has 0 unspecified atom stereocenters. The van der Waals surface area contributed by atoms with E-state index in [9.17, 15) is 4.79 Å². The molecule has 21 heavy (non-hydrogen) atoms. The van der Waals surface area contributed by atoms with Crippen LogP contribution in [0.1, 0.15) is 18.2 Å². The molecule has 0 saturated carbocycles. The van der Waals surface area contributed by atoms with E-state index in [0.717, 1.165) is 16.5 Å². The first kappa shape index (κ1) is 13.1. The van der Waals surface area contributed by atoms with Crippen LogP contribution in [0, 0.1) is 0 Å². The summed E-state index contributed by atoms with van der Waals surface area (Å²) in [4.78, 5) is 15.8. The van der Waals surface area contributed by atoms with Gasteiger partial charge in [-0.1, -0.05) is 53.7 Å². The summed E-state index contributed by atoms with van der Waals surface area (Å²) in [5.74, 6) is 0.0863. The van der Waals surface area contributed by atoms with Crippen molar-refractivity contribution in [2.24, 2.45) is 5.16 Å². The largest absolute Gasteiger partial charge is 0.454 e. The van der Waals surface area contributed by atoms with Crippen LogP contribution in [0.25, 0.3) is 11.0 Å². The monoisotopic (exact) mass is 279 g/mol. The van der Waals surface area contributed by atoms with Crippen LogP contribution in [-0.2, 0) is 9.63 Å². The topological polar surface area (TPSA) is 51.8 Å². The lowest BCUT2D eigenvalue weighted by Gasteiger charge is -2.02. The van der Waals surface area contributed by atoms with Gasteiger partial charge in [0, 0.05) is 17.9 Å². The van der Waals surface area contributed by atoms with Crippen molar-refractivity contribution in [2.45, 2.75) is 6.92 Å². The van der Waals surface area contributed by atoms with Gasteiger partial charge in [0.15, 0.2) is 11.5 Å². The summed E-state index contributed by atoms with van der Waals surface area (Å²) in [7, 11) is 0. The third-order valence-corrected chi connectivity index (χ3v) is 2.97. The van der Waals surface area contributed by atoms with Gasteiger partial charge in [0.25, 0.3) is 0 Å². The Hall–Kier alpha value is -2.88. The first-order valence-electron chi connectivity index (χ1n) is 6.54. The van der Waals surface area contributed by atoms with Gasteiger partial charge in [0.05, 0.1) is 0 Å². The number of carbonyl (C=O) groups excluding carboxylic acids is 1. The van der Waals surface area contributed by atoms with Gasteiger partial charge in [-0.2, -0.15) is 0 Å². The van der Waals surface area contributed by atoms with Gasteiger partial charge in [-0.15, -0.1) is 0 Å². The van der Waals surface area contributed by atoms with Crippen molar-refractivity contribution in [1.29, 1.82) is 0 Å². The van der Waals surface area contributed by atoms with Gasteiger partial charge < -0.3 is 9.25 Å². The van der Waals surface area contributed by atoms with Gasteiger partial charge >= 0.3 is 5.97 Å². The van der Waals surface area contributed by atoms with Crippen molar-refractivity contribution >= 4 is 22.7 Å². The fraction of sp³-hybridized carbons (Fsp3) is 0.0588. The molecule has 3 aromatic rings. The Morgan fingerprint density at radius 2 is 1.76 bits per heavy atom. The molecule has 0 aliphatic heterocycles. The van der Waals surface area contributed by atoms with E-state index in [1.54, 1.807) is 0 Å². The van der Waals surface area contributed by atoms with Gasteiger partial charge in [-0.25, -0.2) is 4.79 Å². The van der Waals surface area contributed by atoms with E-state index in [4.69, 9.17) is 9.25 Å². The zero-order valence-corrected chi connectivity index (χ0v) is 11.4. The standard InChI is InChI=1S/C17H13NO3/c1-12(19)21-18-17(13-7-3-2-4-8-13)16-11-14-9-5-6-10-15(14)20-16/h2-11H,1H3/b18-17+. The molecule has 0 amide bonds. The molecule has 2 aromatic carbocycles. The summed E-state index contributed by atoms with van der Waals surface area (Å²) in [6.45, 7) is 1.31. The maximum atomic E-state index is 11.0. The van der Waals surface area contributed by atoms with Gasteiger partial charge in [0.2, 0.25) is 0 Å². The molecule has 1 heterocycles. The van der Waals surface area contributed by atoms with Gasteiger partial charge in [0.1, 0.15) is 5.58 Å². The molecule has 0 radical (unpaired) electrons. The molecule has 4 heteroatoms. The number of nitrogens with zero attached hydrogens (tertiary/aromatic N) is 1. The quantitative estimate of drug-likeness (QED) is 0.417. The van der Waals surface area contributed by atoms with Crippen molar-refractivity contribution < 1.29 is 14.0 Å². The molecule has 0 N–H and O–H groups in total.